The lowest BCUT2D eigenvalue weighted by Crippen LogP contribution is -2.03. The minimum Gasteiger partial charge on any atom is -0.441 e. The Bertz CT molecular complexity index is 850. The van der Waals surface area contributed by atoms with Crippen molar-refractivity contribution in [2.24, 2.45) is 0 Å². The number of hydrogen-bond donors (Lipinski definition) is 0. The lowest BCUT2D eigenvalue weighted by atomic mass is 10.2. The number of fused-ring (bicyclic) bond motifs is 1. The molecular weight excluding hydrogens is 302 g/mol. The third kappa shape index (κ3) is 3.35. The number of esters is 1. The van der Waals surface area contributed by atoms with Gasteiger partial charge in [-0.25, -0.2) is 9.78 Å². The van der Waals surface area contributed by atoms with Crippen LogP contribution in [0.15, 0.2) is 53.0 Å². The number of halogens is 1. The summed E-state index contributed by atoms with van der Waals surface area (Å²) in [5, 5.41) is 0.649. The lowest BCUT2D eigenvalue weighted by Gasteiger charge is -2.00. The van der Waals surface area contributed by atoms with Crippen LogP contribution >= 0.6 is 11.6 Å². The number of hydrogen-bond acceptors (Lipinski definition) is 4. The summed E-state index contributed by atoms with van der Waals surface area (Å²) in [4.78, 5) is 16.0. The van der Waals surface area contributed by atoms with Crippen LogP contribution in [0.3, 0.4) is 0 Å². The summed E-state index contributed by atoms with van der Waals surface area (Å²) in [5.74, 6) is 0.530. The molecule has 1 heterocycles. The first-order chi connectivity index (χ1) is 10.6. The van der Waals surface area contributed by atoms with Gasteiger partial charge in [-0.3, -0.25) is 0 Å². The Labute approximate surface area is 132 Å². The molecule has 4 nitrogen and oxygen atoms in total. The number of nitrogens with zero attached hydrogens (tertiary/aromatic N) is 1. The number of rotatable bonds is 3. The average Bonchev–Trinajstić information content (AvgIpc) is 2.86. The van der Waals surface area contributed by atoms with Crippen molar-refractivity contribution < 1.29 is 13.9 Å². The summed E-state index contributed by atoms with van der Waals surface area (Å²) in [6, 6.07) is 12.2. The molecule has 110 valence electrons. The number of carbonyl (C=O) groups is 1. The molecule has 3 aromatic rings. The monoisotopic (exact) mass is 313 g/mol. The normalized spacial score (nSPS) is 11.2. The first-order valence-electron chi connectivity index (χ1n) is 6.63. The van der Waals surface area contributed by atoms with E-state index < -0.39 is 5.97 Å². The van der Waals surface area contributed by atoms with Crippen LogP contribution in [0.1, 0.15) is 11.5 Å². The summed E-state index contributed by atoms with van der Waals surface area (Å²) in [7, 11) is 0. The Balaban J connectivity index is 1.70. The summed E-state index contributed by atoms with van der Waals surface area (Å²) in [6.45, 7) is 1.76. The SMILES string of the molecule is Cc1nc2cc(OC(=O)/C=C/c3ccc(Cl)cc3)ccc2o1. The van der Waals surface area contributed by atoms with E-state index in [2.05, 4.69) is 4.98 Å². The van der Waals surface area contributed by atoms with Crippen LogP contribution < -0.4 is 4.74 Å². The third-order valence-electron chi connectivity index (χ3n) is 2.97. The Morgan fingerprint density at radius 2 is 2.00 bits per heavy atom. The Morgan fingerprint density at radius 3 is 2.77 bits per heavy atom. The Hall–Kier alpha value is -2.59. The molecule has 0 amide bonds. The topological polar surface area (TPSA) is 52.3 Å². The smallest absolute Gasteiger partial charge is 0.336 e. The van der Waals surface area contributed by atoms with Crippen molar-refractivity contribution >= 4 is 34.7 Å². The van der Waals surface area contributed by atoms with Gasteiger partial charge in [0.2, 0.25) is 0 Å². The number of oxazole rings is 1. The van der Waals surface area contributed by atoms with E-state index in [1.54, 1.807) is 43.3 Å². The summed E-state index contributed by atoms with van der Waals surface area (Å²) in [6.07, 6.45) is 3.03. The van der Waals surface area contributed by atoms with Gasteiger partial charge in [0, 0.05) is 24.1 Å². The van der Waals surface area contributed by atoms with Gasteiger partial charge in [0.05, 0.1) is 0 Å². The summed E-state index contributed by atoms with van der Waals surface area (Å²) in [5.41, 5.74) is 2.18. The fourth-order valence-electron chi connectivity index (χ4n) is 1.97. The minimum absolute atomic E-state index is 0.423. The van der Waals surface area contributed by atoms with Crippen LogP contribution in [0.25, 0.3) is 17.2 Å². The van der Waals surface area contributed by atoms with Crippen molar-refractivity contribution in [3.8, 4) is 5.75 Å². The maximum atomic E-state index is 11.8. The van der Waals surface area contributed by atoms with Gasteiger partial charge in [0.25, 0.3) is 0 Å². The van der Waals surface area contributed by atoms with E-state index in [0.717, 1.165) is 5.56 Å². The molecule has 5 heteroatoms. The van der Waals surface area contributed by atoms with E-state index in [9.17, 15) is 4.79 Å². The van der Waals surface area contributed by atoms with E-state index in [1.807, 2.05) is 12.1 Å². The summed E-state index contributed by atoms with van der Waals surface area (Å²) >= 11 is 5.80. The Kier molecular flexibility index (Phi) is 3.94. The first kappa shape index (κ1) is 14.4. The van der Waals surface area contributed by atoms with Crippen LogP contribution in [0.4, 0.5) is 0 Å². The predicted octanol–water partition coefficient (Wildman–Crippen LogP) is 4.41. The molecule has 0 saturated heterocycles. The van der Waals surface area contributed by atoms with E-state index in [4.69, 9.17) is 20.8 Å². The molecule has 2 aromatic carbocycles. The molecule has 1 aromatic heterocycles. The number of ether oxygens (including phenoxy) is 1. The van der Waals surface area contributed by atoms with Crippen molar-refractivity contribution in [2.45, 2.75) is 6.92 Å². The maximum Gasteiger partial charge on any atom is 0.336 e. The fourth-order valence-corrected chi connectivity index (χ4v) is 2.10. The van der Waals surface area contributed by atoms with Crippen molar-refractivity contribution in [1.82, 2.24) is 4.98 Å². The molecule has 0 radical (unpaired) electrons. The fraction of sp³-hybridized carbons (Fsp3) is 0.0588. The zero-order valence-electron chi connectivity index (χ0n) is 11.7. The average molecular weight is 314 g/mol. The van der Waals surface area contributed by atoms with Gasteiger partial charge >= 0.3 is 5.97 Å². The van der Waals surface area contributed by atoms with Gasteiger partial charge in [0.15, 0.2) is 11.5 Å². The lowest BCUT2D eigenvalue weighted by molar-refractivity contribution is -0.128. The van der Waals surface area contributed by atoms with Gasteiger partial charge in [-0.1, -0.05) is 23.7 Å². The number of benzene rings is 2. The largest absolute Gasteiger partial charge is 0.441 e. The zero-order valence-corrected chi connectivity index (χ0v) is 12.5. The minimum atomic E-state index is -0.463. The molecule has 0 saturated carbocycles. The van der Waals surface area contributed by atoms with Crippen molar-refractivity contribution in [1.29, 1.82) is 0 Å². The molecule has 0 unspecified atom stereocenters. The van der Waals surface area contributed by atoms with Gasteiger partial charge in [-0.05, 0) is 35.9 Å². The van der Waals surface area contributed by atoms with Crippen LogP contribution in [0.5, 0.6) is 5.75 Å². The predicted molar refractivity (Wildman–Crippen MR) is 84.9 cm³/mol. The third-order valence-corrected chi connectivity index (χ3v) is 3.22. The number of aromatic nitrogens is 1. The number of aryl methyl sites for hydroxylation is 1. The maximum absolute atomic E-state index is 11.8. The van der Waals surface area contributed by atoms with Gasteiger partial charge in [-0.2, -0.15) is 0 Å². The molecule has 0 aliphatic heterocycles. The molecule has 0 atom stereocenters. The molecule has 0 N–H and O–H groups in total. The molecule has 0 aliphatic carbocycles. The highest BCUT2D eigenvalue weighted by Gasteiger charge is 2.06. The second-order valence-electron chi connectivity index (χ2n) is 4.67. The van der Waals surface area contributed by atoms with Gasteiger partial charge in [-0.15, -0.1) is 0 Å². The van der Waals surface area contributed by atoms with Crippen LogP contribution in [-0.4, -0.2) is 11.0 Å². The quantitative estimate of drug-likeness (QED) is 0.408. The van der Waals surface area contributed by atoms with Crippen LogP contribution in [0, 0.1) is 6.92 Å². The van der Waals surface area contributed by atoms with Gasteiger partial charge < -0.3 is 9.15 Å². The van der Waals surface area contributed by atoms with Crippen LogP contribution in [-0.2, 0) is 4.79 Å². The standard InChI is InChI=1S/C17H12ClNO3/c1-11-19-15-10-14(7-8-16(15)21-11)22-17(20)9-4-12-2-5-13(18)6-3-12/h2-10H,1H3/b9-4+. The Morgan fingerprint density at radius 1 is 1.23 bits per heavy atom. The molecule has 3 rings (SSSR count). The van der Waals surface area contributed by atoms with Crippen molar-refractivity contribution in [2.75, 3.05) is 0 Å². The van der Waals surface area contributed by atoms with E-state index in [1.165, 1.54) is 6.08 Å². The molecule has 22 heavy (non-hydrogen) atoms. The molecule has 0 spiro atoms. The second-order valence-corrected chi connectivity index (χ2v) is 5.10. The highest BCUT2D eigenvalue weighted by molar-refractivity contribution is 6.30. The van der Waals surface area contributed by atoms with E-state index >= 15 is 0 Å². The van der Waals surface area contributed by atoms with Crippen LogP contribution in [0.2, 0.25) is 5.02 Å². The highest BCUT2D eigenvalue weighted by atomic mass is 35.5. The molecule has 0 fully saturated rings. The number of carbonyl (C=O) groups excluding carboxylic acids is 1. The summed E-state index contributed by atoms with van der Waals surface area (Å²) < 4.78 is 10.6. The van der Waals surface area contributed by atoms with Gasteiger partial charge in [0.1, 0.15) is 11.3 Å². The van der Waals surface area contributed by atoms with E-state index in [-0.39, 0.29) is 0 Å². The van der Waals surface area contributed by atoms with Crippen molar-refractivity contribution in [3.05, 3.63) is 65.0 Å². The first-order valence-corrected chi connectivity index (χ1v) is 7.00. The molecular formula is C17H12ClNO3. The second kappa shape index (κ2) is 6.03. The highest BCUT2D eigenvalue weighted by Crippen LogP contribution is 2.21. The molecule has 0 bridgehead atoms. The van der Waals surface area contributed by atoms with E-state index in [0.29, 0.717) is 27.8 Å². The zero-order chi connectivity index (χ0) is 15.5. The molecule has 0 aliphatic rings. The van der Waals surface area contributed by atoms with Crippen molar-refractivity contribution in [3.63, 3.8) is 0 Å².